The number of pyridine rings is 4. The zero-order valence-corrected chi connectivity index (χ0v) is 51.8. The van der Waals surface area contributed by atoms with Crippen molar-refractivity contribution in [2.45, 2.75) is 89.5 Å². The molecule has 14 rings (SSSR count). The topological polar surface area (TPSA) is 147 Å². The molecule has 504 valence electrons. The second-order valence-electron chi connectivity index (χ2n) is 24.8. The van der Waals surface area contributed by atoms with Crippen LogP contribution in [-0.4, -0.2) is 142 Å². The largest absolute Gasteiger partial charge is 0.495 e. The van der Waals surface area contributed by atoms with Crippen molar-refractivity contribution < 1.29 is 66.6 Å². The number of carbonyl (C=O) groups excluding carboxylic acids is 1. The average Bonchev–Trinajstić information content (AvgIpc) is 1.71. The predicted octanol–water partition coefficient (Wildman–Crippen LogP) is 12.4. The van der Waals surface area contributed by atoms with Gasteiger partial charge in [-0.2, -0.15) is 44.6 Å². The second kappa shape index (κ2) is 26.9. The first kappa shape index (κ1) is 66.4. The van der Waals surface area contributed by atoms with Gasteiger partial charge < -0.3 is 24.0 Å². The zero-order chi connectivity index (χ0) is 67.3. The number of imidazole rings is 1. The lowest BCUT2D eigenvalue weighted by Crippen LogP contribution is -2.49. The summed E-state index contributed by atoms with van der Waals surface area (Å²) in [5.41, 5.74) is 0.802. The number of fused-ring (bicyclic) bond motifs is 3. The smallest absolute Gasteiger partial charge is 0.418 e. The fraction of sp³-hybridized carbons (Fsp3) is 0.446. The summed E-state index contributed by atoms with van der Waals surface area (Å²) >= 11 is 0. The number of benzene rings is 2. The molecule has 2 aliphatic carbocycles. The number of hydrogen-bond donors (Lipinski definition) is 0. The number of alkyl halides is 9. The summed E-state index contributed by atoms with van der Waals surface area (Å²) in [5.74, 6) is -0.635. The number of anilines is 2. The number of aryl methyl sites for hydroxylation is 1. The number of piperazine rings is 2. The Morgan fingerprint density at radius 2 is 1.29 bits per heavy atom. The highest BCUT2D eigenvalue weighted by atomic mass is 19.4. The third kappa shape index (κ3) is 14.9. The number of nitrogens with zero attached hydrogens (tertiary/aromatic N) is 15. The van der Waals surface area contributed by atoms with E-state index in [1.807, 2.05) is 29.0 Å². The van der Waals surface area contributed by atoms with Crippen LogP contribution < -0.4 is 14.5 Å². The highest BCUT2D eigenvalue weighted by Crippen LogP contribution is 2.42. The zero-order valence-electron chi connectivity index (χ0n) is 51.8. The molecule has 1 amide bonds. The fourth-order valence-corrected chi connectivity index (χ4v) is 12.7. The quantitative estimate of drug-likeness (QED) is 0.101. The van der Waals surface area contributed by atoms with Crippen LogP contribution in [-0.2, 0) is 51.6 Å². The Morgan fingerprint density at radius 3 is 1.88 bits per heavy atom. The molecule has 30 heteroatoms. The molecule has 2 unspecified atom stereocenters. The van der Waals surface area contributed by atoms with Crippen LogP contribution >= 0.6 is 0 Å². The molecule has 0 N–H and O–H groups in total. The summed E-state index contributed by atoms with van der Waals surface area (Å²) in [6.45, 7) is 7.79. The monoisotopic (exact) mass is 1340 g/mol. The van der Waals surface area contributed by atoms with Gasteiger partial charge >= 0.3 is 18.5 Å². The molecular weight excluding hydrogens is 1270 g/mol. The average molecular weight is 1340 g/mol. The van der Waals surface area contributed by atoms with Crippen molar-refractivity contribution in [3.05, 3.63) is 160 Å². The molecule has 0 bridgehead atoms. The molecule has 3 aliphatic heterocycles. The van der Waals surface area contributed by atoms with Crippen LogP contribution in [0.3, 0.4) is 0 Å². The Bertz CT molecular complexity index is 4240. The maximum absolute atomic E-state index is 14.1. The Morgan fingerprint density at radius 1 is 0.642 bits per heavy atom. The van der Waals surface area contributed by atoms with E-state index in [4.69, 9.17) is 4.74 Å². The van der Waals surface area contributed by atoms with E-state index in [1.165, 1.54) is 39.3 Å². The molecule has 3 saturated heterocycles. The molecule has 9 aromatic rings. The van der Waals surface area contributed by atoms with Gasteiger partial charge in [0.05, 0.1) is 70.1 Å². The third-order valence-electron chi connectivity index (χ3n) is 18.2. The first-order valence-electron chi connectivity index (χ1n) is 31.1. The van der Waals surface area contributed by atoms with Gasteiger partial charge in [0.15, 0.2) is 16.9 Å². The van der Waals surface area contributed by atoms with Crippen LogP contribution in [0.15, 0.2) is 91.6 Å². The first-order chi connectivity index (χ1) is 45.3. The van der Waals surface area contributed by atoms with Crippen LogP contribution in [0.4, 0.5) is 68.5 Å². The van der Waals surface area contributed by atoms with Crippen molar-refractivity contribution in [3.63, 3.8) is 0 Å². The highest BCUT2D eigenvalue weighted by molar-refractivity contribution is 6.00. The third-order valence-corrected chi connectivity index (χ3v) is 18.2. The van der Waals surface area contributed by atoms with E-state index in [2.05, 4.69) is 51.6 Å². The van der Waals surface area contributed by atoms with E-state index >= 15 is 0 Å². The van der Waals surface area contributed by atoms with Crippen molar-refractivity contribution >= 4 is 45.1 Å². The van der Waals surface area contributed by atoms with Crippen molar-refractivity contribution in [2.75, 3.05) is 82.4 Å². The number of amides is 1. The van der Waals surface area contributed by atoms with E-state index in [0.29, 0.717) is 85.9 Å². The van der Waals surface area contributed by atoms with E-state index in [0.717, 1.165) is 117 Å². The minimum absolute atomic E-state index is 0.0422. The maximum atomic E-state index is 14.1. The van der Waals surface area contributed by atoms with Crippen molar-refractivity contribution in [1.29, 1.82) is 0 Å². The number of aromatic nitrogens is 10. The van der Waals surface area contributed by atoms with E-state index in [-0.39, 0.29) is 67.0 Å². The molecule has 10 heterocycles. The molecule has 17 nitrogen and oxygen atoms in total. The van der Waals surface area contributed by atoms with Crippen LogP contribution in [0.1, 0.15) is 94.9 Å². The maximum Gasteiger partial charge on any atom is 0.418 e. The highest BCUT2D eigenvalue weighted by Gasteiger charge is 2.42. The number of ether oxygens (including phenoxy) is 1. The van der Waals surface area contributed by atoms with E-state index in [1.54, 1.807) is 11.1 Å². The second-order valence-corrected chi connectivity index (χ2v) is 24.8. The lowest BCUT2D eigenvalue weighted by molar-refractivity contribution is -0.138. The summed E-state index contributed by atoms with van der Waals surface area (Å²) in [5, 5.41) is 12.2. The van der Waals surface area contributed by atoms with E-state index < -0.39 is 70.0 Å². The lowest BCUT2D eigenvalue weighted by atomic mass is 9.83. The summed E-state index contributed by atoms with van der Waals surface area (Å²) in [6, 6.07) is 12.8. The molecular formula is C65H66F13N15O2. The number of halogens is 13. The van der Waals surface area contributed by atoms with Crippen LogP contribution in [0.5, 0.6) is 5.75 Å². The number of piperidine rings is 1. The van der Waals surface area contributed by atoms with Gasteiger partial charge in [0.2, 0.25) is 0 Å². The van der Waals surface area contributed by atoms with Gasteiger partial charge in [-0.1, -0.05) is 6.92 Å². The number of methoxy groups -OCH3 is 1. The fourth-order valence-electron chi connectivity index (χ4n) is 12.7. The van der Waals surface area contributed by atoms with Gasteiger partial charge in [0, 0.05) is 134 Å². The molecule has 0 radical (unpaired) electrons. The van der Waals surface area contributed by atoms with Gasteiger partial charge in [-0.15, -0.1) is 10.2 Å². The van der Waals surface area contributed by atoms with Crippen LogP contribution in [0.25, 0.3) is 27.8 Å². The van der Waals surface area contributed by atoms with Crippen LogP contribution in [0, 0.1) is 41.0 Å². The Labute approximate surface area is 536 Å². The molecule has 0 spiro atoms. The molecule has 95 heavy (non-hydrogen) atoms. The molecule has 2 aromatic carbocycles. The van der Waals surface area contributed by atoms with Gasteiger partial charge in [-0.3, -0.25) is 24.0 Å². The Kier molecular flexibility index (Phi) is 18.8. The summed E-state index contributed by atoms with van der Waals surface area (Å²) < 4.78 is 187. The van der Waals surface area contributed by atoms with Crippen LogP contribution in [0.2, 0.25) is 0 Å². The van der Waals surface area contributed by atoms with Gasteiger partial charge in [-0.05, 0) is 105 Å². The van der Waals surface area contributed by atoms with Gasteiger partial charge in [0.1, 0.15) is 40.7 Å². The lowest BCUT2D eigenvalue weighted by Gasteiger charge is -2.36. The molecule has 2 atom stereocenters. The molecule has 7 aromatic heterocycles. The van der Waals surface area contributed by atoms with Crippen molar-refractivity contribution in [3.8, 4) is 5.75 Å². The number of rotatable bonds is 13. The minimum Gasteiger partial charge on any atom is -0.495 e. The summed E-state index contributed by atoms with van der Waals surface area (Å²) in [6.07, 6.45) is -2.26. The Hall–Kier alpha value is -8.67. The summed E-state index contributed by atoms with van der Waals surface area (Å²) in [7, 11) is 3.37. The van der Waals surface area contributed by atoms with Crippen molar-refractivity contribution in [1.82, 2.24) is 63.6 Å². The predicted molar refractivity (Wildman–Crippen MR) is 324 cm³/mol. The number of hydrogen-bond acceptors (Lipinski definition) is 13. The SMILES string of the molecule is COc1cc(C(F)(F)F)cnc1C1CCN(Cc2nc3ncccc3n2C)CC1C.Fc1ccc(N2CCN(Cc3cc(C(F)(F)F)cn4c(CC5CC5)nnc34)CC2)c(F)c1.O=C(c1cnc2c(cnn2CC2CC2)c1C(F)(F)F)N1CCN(c2ccc(F)cc2F)CC1. The summed E-state index contributed by atoms with van der Waals surface area (Å²) in [4.78, 5) is 39.4. The standard InChI is InChI=1S/C22H20F5N5O.C22H22F5N5.C21H24F3N5O/c23-14-3-4-18(17(24)9-14)30-5-7-31(8-6-30)21(33)16-10-28-20-15(19(16)22(25,26)27)11-29-32(20)12-13-1-2-13;23-17-3-4-19(18(24)11-17)31-7-5-30(6-8-31)12-15-10-16(22(25,26)27)13-32-20(9-14-1-2-14)28-29-21(15)32;1-13-11-29(12-18-27-20-16(28(18)2)5-4-7-25-20)8-6-15(13)19-17(30-3)9-14(10-26-19)21(22,23)24/h3-4,9-11,13H,1-2,5-8,12H2;3-4,10-11,13-14H,1-2,5-9,12H2;4-5,7,9-10,13,15H,6,8,11-12H2,1-3H3. The molecule has 2 saturated carbocycles. The Balaban J connectivity index is 0.000000137. The minimum atomic E-state index is -4.77. The normalized spacial score (nSPS) is 18.5. The number of carbonyl (C=O) groups is 1. The van der Waals surface area contributed by atoms with Crippen molar-refractivity contribution in [2.24, 2.45) is 24.8 Å². The molecule has 5 aliphatic rings. The molecule has 5 fully saturated rings. The van der Waals surface area contributed by atoms with E-state index in [9.17, 15) is 61.9 Å². The number of likely N-dealkylation sites (tertiary alicyclic amines) is 1. The van der Waals surface area contributed by atoms with Gasteiger partial charge in [0.25, 0.3) is 5.91 Å². The first-order valence-corrected chi connectivity index (χ1v) is 31.1. The van der Waals surface area contributed by atoms with Gasteiger partial charge in [-0.25, -0.2) is 37.2 Å².